The van der Waals surface area contributed by atoms with Crippen molar-refractivity contribution in [3.8, 4) is 11.4 Å². The van der Waals surface area contributed by atoms with E-state index in [2.05, 4.69) is 10.3 Å². The Morgan fingerprint density at radius 3 is 2.76 bits per heavy atom. The van der Waals surface area contributed by atoms with E-state index in [0.717, 1.165) is 5.69 Å². The molecule has 1 amide bonds. The number of carbonyl (C=O) groups is 1. The summed E-state index contributed by atoms with van der Waals surface area (Å²) in [6.45, 7) is 2.53. The summed E-state index contributed by atoms with van der Waals surface area (Å²) in [5.41, 5.74) is 2.95. The zero-order valence-electron chi connectivity index (χ0n) is 16.2. The van der Waals surface area contributed by atoms with Crippen molar-refractivity contribution in [1.82, 2.24) is 15.0 Å². The number of ether oxygens (including phenoxy) is 1. The van der Waals surface area contributed by atoms with E-state index >= 15 is 0 Å². The summed E-state index contributed by atoms with van der Waals surface area (Å²) in [6.07, 6.45) is 0. The first-order valence-corrected chi connectivity index (χ1v) is 9.38. The summed E-state index contributed by atoms with van der Waals surface area (Å²) in [4.78, 5) is 16.8. The van der Waals surface area contributed by atoms with Crippen LogP contribution in [0.1, 0.15) is 16.2 Å². The highest BCUT2D eigenvalue weighted by Crippen LogP contribution is 2.35. The van der Waals surface area contributed by atoms with Gasteiger partial charge in [-0.2, -0.15) is 0 Å². The predicted octanol–water partition coefficient (Wildman–Crippen LogP) is 3.47. The zero-order chi connectivity index (χ0) is 20.7. The number of anilines is 2. The van der Waals surface area contributed by atoms with Crippen molar-refractivity contribution in [1.29, 1.82) is 0 Å². The fourth-order valence-electron chi connectivity index (χ4n) is 3.21. The van der Waals surface area contributed by atoms with E-state index < -0.39 is 5.82 Å². The number of carbonyl (C=O) groups excluding carboxylic acids is 1. The van der Waals surface area contributed by atoms with Crippen LogP contribution in [0, 0.1) is 12.7 Å². The second kappa shape index (κ2) is 7.36. The fraction of sp³-hybridized carbons (Fsp3) is 0.250. The molecule has 2 heterocycles. The molecule has 0 aliphatic carbocycles. The molecule has 0 unspecified atom stereocenters. The molecule has 3 aromatic rings. The van der Waals surface area contributed by atoms with Gasteiger partial charge in [0.15, 0.2) is 5.69 Å². The molecule has 150 valence electrons. The molecule has 0 bridgehead atoms. The Morgan fingerprint density at radius 2 is 2.03 bits per heavy atom. The van der Waals surface area contributed by atoms with E-state index in [0.29, 0.717) is 36.0 Å². The van der Waals surface area contributed by atoms with Crippen LogP contribution in [-0.2, 0) is 0 Å². The Hall–Kier alpha value is -3.13. The third-order valence-corrected chi connectivity index (χ3v) is 5.10. The molecule has 9 heteroatoms. The van der Waals surface area contributed by atoms with Crippen LogP contribution in [0.2, 0.25) is 5.02 Å². The fourth-order valence-corrected chi connectivity index (χ4v) is 3.39. The van der Waals surface area contributed by atoms with Gasteiger partial charge in [0.1, 0.15) is 18.2 Å². The van der Waals surface area contributed by atoms with E-state index in [1.54, 1.807) is 11.8 Å². The summed E-state index contributed by atoms with van der Waals surface area (Å²) in [6, 6.07) is 9.92. The molecule has 4 rings (SSSR count). The van der Waals surface area contributed by atoms with Crippen molar-refractivity contribution >= 4 is 28.9 Å². The minimum Gasteiger partial charge on any atom is -0.489 e. The first kappa shape index (κ1) is 19.2. The number of hydrogen-bond donors (Lipinski definition) is 0. The van der Waals surface area contributed by atoms with Crippen LogP contribution in [-0.4, -0.2) is 48.1 Å². The van der Waals surface area contributed by atoms with Crippen LogP contribution in [0.4, 0.5) is 15.8 Å². The average Bonchev–Trinajstić information content (AvgIpc) is 3.10. The molecule has 0 saturated heterocycles. The first-order valence-electron chi connectivity index (χ1n) is 9.00. The number of benzene rings is 2. The monoisotopic (exact) mass is 415 g/mol. The number of hydrogen-bond acceptors (Lipinski definition) is 5. The average molecular weight is 416 g/mol. The molecule has 0 radical (unpaired) electrons. The van der Waals surface area contributed by atoms with Gasteiger partial charge in [0.05, 0.1) is 28.6 Å². The van der Waals surface area contributed by atoms with Gasteiger partial charge >= 0.3 is 0 Å². The van der Waals surface area contributed by atoms with Gasteiger partial charge in [-0.3, -0.25) is 9.69 Å². The number of amides is 1. The highest BCUT2D eigenvalue weighted by molar-refractivity contribution is 6.30. The van der Waals surface area contributed by atoms with E-state index in [9.17, 15) is 9.18 Å². The molecule has 0 N–H and O–H groups in total. The number of rotatable bonds is 3. The maximum absolute atomic E-state index is 13.5. The molecule has 29 heavy (non-hydrogen) atoms. The minimum absolute atomic E-state index is 0.0240. The van der Waals surface area contributed by atoms with Crippen LogP contribution >= 0.6 is 11.6 Å². The molecule has 1 aliphatic heterocycles. The third-order valence-electron chi connectivity index (χ3n) is 4.81. The summed E-state index contributed by atoms with van der Waals surface area (Å²) in [5.74, 6) is -0.151. The Balaban J connectivity index is 1.68. The molecule has 1 aromatic heterocycles. The number of halogens is 2. The molecular weight excluding hydrogens is 397 g/mol. The molecule has 7 nitrogen and oxygen atoms in total. The van der Waals surface area contributed by atoms with Gasteiger partial charge in [-0.1, -0.05) is 16.8 Å². The molecule has 1 aliphatic rings. The lowest BCUT2D eigenvalue weighted by Crippen LogP contribution is -2.38. The van der Waals surface area contributed by atoms with E-state index in [4.69, 9.17) is 16.3 Å². The lowest BCUT2D eigenvalue weighted by molar-refractivity contribution is 0.0971. The van der Waals surface area contributed by atoms with Gasteiger partial charge in [-0.15, -0.1) is 5.10 Å². The zero-order valence-corrected chi connectivity index (χ0v) is 16.9. The minimum atomic E-state index is -0.522. The SMILES string of the molecule is Cc1c(C(=O)N2CCOc3cc(N(C)C)ccc32)nnn1-c1ccc(F)c(Cl)c1. The largest absolute Gasteiger partial charge is 0.489 e. The smallest absolute Gasteiger partial charge is 0.280 e. The van der Waals surface area contributed by atoms with Gasteiger partial charge in [0.25, 0.3) is 5.91 Å². The van der Waals surface area contributed by atoms with Crippen LogP contribution in [0.3, 0.4) is 0 Å². The van der Waals surface area contributed by atoms with Gasteiger partial charge in [-0.05, 0) is 37.3 Å². The van der Waals surface area contributed by atoms with Crippen molar-refractivity contribution in [2.24, 2.45) is 0 Å². The van der Waals surface area contributed by atoms with Crippen LogP contribution < -0.4 is 14.5 Å². The van der Waals surface area contributed by atoms with Crippen molar-refractivity contribution in [3.05, 3.63) is 58.6 Å². The summed E-state index contributed by atoms with van der Waals surface area (Å²) in [7, 11) is 3.88. The van der Waals surface area contributed by atoms with E-state index in [-0.39, 0.29) is 16.6 Å². The maximum atomic E-state index is 13.5. The molecule has 2 aromatic carbocycles. The first-order chi connectivity index (χ1) is 13.9. The number of fused-ring (bicyclic) bond motifs is 1. The van der Waals surface area contributed by atoms with Gasteiger partial charge in [0, 0.05) is 25.8 Å². The van der Waals surface area contributed by atoms with Crippen molar-refractivity contribution in [2.45, 2.75) is 6.92 Å². The van der Waals surface area contributed by atoms with Crippen molar-refractivity contribution in [2.75, 3.05) is 37.0 Å². The summed E-state index contributed by atoms with van der Waals surface area (Å²) >= 11 is 5.87. The third kappa shape index (κ3) is 3.40. The lowest BCUT2D eigenvalue weighted by atomic mass is 10.2. The van der Waals surface area contributed by atoms with Crippen molar-refractivity contribution in [3.63, 3.8) is 0 Å². The lowest BCUT2D eigenvalue weighted by Gasteiger charge is -2.30. The normalized spacial score (nSPS) is 13.1. The molecule has 0 fully saturated rings. The Kier molecular flexibility index (Phi) is 4.87. The summed E-state index contributed by atoms with van der Waals surface area (Å²) < 4.78 is 20.7. The van der Waals surface area contributed by atoms with Crippen LogP contribution in [0.15, 0.2) is 36.4 Å². The van der Waals surface area contributed by atoms with E-state index in [1.165, 1.54) is 22.9 Å². The van der Waals surface area contributed by atoms with Crippen molar-refractivity contribution < 1.29 is 13.9 Å². The van der Waals surface area contributed by atoms with Crippen LogP contribution in [0.25, 0.3) is 5.69 Å². The van der Waals surface area contributed by atoms with Gasteiger partial charge in [0.2, 0.25) is 0 Å². The molecule has 0 saturated carbocycles. The van der Waals surface area contributed by atoms with Gasteiger partial charge < -0.3 is 9.64 Å². The predicted molar refractivity (Wildman–Crippen MR) is 109 cm³/mol. The number of nitrogens with zero attached hydrogens (tertiary/aromatic N) is 5. The van der Waals surface area contributed by atoms with Crippen LogP contribution in [0.5, 0.6) is 5.75 Å². The standard InChI is InChI=1S/C20H19ClFN5O2/c1-12-19(23-24-27(12)14-4-6-16(22)15(21)10-14)20(28)26-8-9-29-18-11-13(25(2)3)5-7-17(18)26/h4-7,10-11H,8-9H2,1-3H3. The second-order valence-corrected chi connectivity index (χ2v) is 7.29. The number of aromatic nitrogens is 3. The quantitative estimate of drug-likeness (QED) is 0.655. The Labute approximate surface area is 172 Å². The second-order valence-electron chi connectivity index (χ2n) is 6.89. The molecular formula is C20H19ClFN5O2. The van der Waals surface area contributed by atoms with E-state index in [1.807, 2.05) is 37.2 Å². The topological polar surface area (TPSA) is 63.5 Å². The Morgan fingerprint density at radius 1 is 1.24 bits per heavy atom. The summed E-state index contributed by atoms with van der Waals surface area (Å²) in [5, 5.41) is 8.12. The maximum Gasteiger partial charge on any atom is 0.280 e. The van der Waals surface area contributed by atoms with Gasteiger partial charge in [-0.25, -0.2) is 9.07 Å². The highest BCUT2D eigenvalue weighted by atomic mass is 35.5. The highest BCUT2D eigenvalue weighted by Gasteiger charge is 2.29. The molecule has 0 spiro atoms. The molecule has 0 atom stereocenters. The Bertz CT molecular complexity index is 1100.